The third-order valence-electron chi connectivity index (χ3n) is 9.02. The first-order chi connectivity index (χ1) is 19.6. The fourth-order valence-electron chi connectivity index (χ4n) is 7.09. The van der Waals surface area contributed by atoms with Crippen LogP contribution >= 0.6 is 34.8 Å². The molecule has 216 valence electrons. The fraction of sp³-hybridized carbons (Fsp3) is 0.452. The largest absolute Gasteiger partial charge is 0.356 e. The summed E-state index contributed by atoms with van der Waals surface area (Å²) in [5.41, 5.74) is -0.841. The van der Waals surface area contributed by atoms with E-state index in [-0.39, 0.29) is 23.8 Å². The molecular formula is C31H32Cl3N3O4. The van der Waals surface area contributed by atoms with Crippen molar-refractivity contribution in [2.75, 3.05) is 11.9 Å². The van der Waals surface area contributed by atoms with Gasteiger partial charge in [0.05, 0.1) is 27.5 Å². The van der Waals surface area contributed by atoms with Crippen LogP contribution < -0.4 is 10.6 Å². The summed E-state index contributed by atoms with van der Waals surface area (Å²) in [5, 5.41) is 7.43. The second-order valence-corrected chi connectivity index (χ2v) is 13.0. The minimum atomic E-state index is -1.25. The highest BCUT2D eigenvalue weighted by molar-refractivity contribution is 6.42. The number of nitrogens with one attached hydrogen (secondary N) is 2. The molecule has 2 saturated heterocycles. The second kappa shape index (κ2) is 10.9. The Balaban J connectivity index is 1.32. The Labute approximate surface area is 254 Å². The van der Waals surface area contributed by atoms with E-state index >= 15 is 0 Å². The number of halogens is 3. The molecule has 2 N–H and O–H groups in total. The molecule has 1 aliphatic carbocycles. The Morgan fingerprint density at radius 1 is 0.976 bits per heavy atom. The first-order valence-corrected chi connectivity index (χ1v) is 15.3. The average Bonchev–Trinajstić information content (AvgIpc) is 3.51. The lowest BCUT2D eigenvalue weighted by molar-refractivity contribution is -0.144. The maximum Gasteiger partial charge on any atom is 0.246 e. The van der Waals surface area contributed by atoms with Gasteiger partial charge in [-0.25, -0.2) is 0 Å². The van der Waals surface area contributed by atoms with Crippen molar-refractivity contribution in [2.24, 2.45) is 11.8 Å². The number of hydrogen-bond acceptors (Lipinski definition) is 4. The highest BCUT2D eigenvalue weighted by Crippen LogP contribution is 2.59. The topological polar surface area (TPSA) is 87.7 Å². The van der Waals surface area contributed by atoms with Gasteiger partial charge >= 0.3 is 0 Å². The molecule has 6 rings (SSSR count). The minimum Gasteiger partial charge on any atom is -0.356 e. The number of nitrogens with zero attached hydrogens (tertiary/aromatic N) is 1. The molecule has 7 nitrogen and oxygen atoms in total. The van der Waals surface area contributed by atoms with E-state index in [4.69, 9.17) is 39.5 Å². The highest BCUT2D eigenvalue weighted by Gasteiger charge is 2.76. The van der Waals surface area contributed by atoms with E-state index in [9.17, 15) is 14.4 Å². The van der Waals surface area contributed by atoms with Crippen LogP contribution in [-0.4, -0.2) is 52.5 Å². The maximum atomic E-state index is 14.3. The smallest absolute Gasteiger partial charge is 0.246 e. The molecule has 0 unspecified atom stereocenters. The van der Waals surface area contributed by atoms with Crippen LogP contribution in [0.2, 0.25) is 15.1 Å². The van der Waals surface area contributed by atoms with Crippen molar-refractivity contribution in [3.05, 3.63) is 75.2 Å². The van der Waals surface area contributed by atoms with Crippen molar-refractivity contribution in [3.63, 3.8) is 0 Å². The van der Waals surface area contributed by atoms with Gasteiger partial charge in [-0.3, -0.25) is 14.4 Å². The van der Waals surface area contributed by atoms with E-state index in [1.807, 2.05) is 24.3 Å². The number of hydrogen-bond donors (Lipinski definition) is 2. The van der Waals surface area contributed by atoms with Crippen molar-refractivity contribution in [2.45, 2.75) is 68.7 Å². The van der Waals surface area contributed by atoms with Crippen LogP contribution in [0.1, 0.15) is 44.6 Å². The summed E-state index contributed by atoms with van der Waals surface area (Å²) in [6, 6.07) is 11.4. The molecule has 10 heteroatoms. The van der Waals surface area contributed by atoms with Crippen LogP contribution in [0.15, 0.2) is 54.6 Å². The van der Waals surface area contributed by atoms with Crippen LogP contribution in [0, 0.1) is 11.8 Å². The summed E-state index contributed by atoms with van der Waals surface area (Å²) >= 11 is 18.3. The van der Waals surface area contributed by atoms with E-state index in [2.05, 4.69) is 10.6 Å². The molecule has 1 saturated carbocycles. The van der Waals surface area contributed by atoms with Crippen LogP contribution in [0.4, 0.5) is 5.69 Å². The molecule has 5 atom stereocenters. The summed E-state index contributed by atoms with van der Waals surface area (Å²) < 4.78 is 6.62. The Bertz CT molecular complexity index is 1410. The van der Waals surface area contributed by atoms with Crippen LogP contribution in [-0.2, 0) is 25.5 Å². The van der Waals surface area contributed by atoms with Crippen molar-refractivity contribution >= 4 is 58.2 Å². The predicted molar refractivity (Wildman–Crippen MR) is 159 cm³/mol. The number of anilines is 1. The molecule has 3 fully saturated rings. The molecule has 0 aromatic heterocycles. The van der Waals surface area contributed by atoms with Gasteiger partial charge in [-0.05, 0) is 62.1 Å². The maximum absolute atomic E-state index is 14.3. The minimum absolute atomic E-state index is 0.0619. The molecule has 3 amide bonds. The highest BCUT2D eigenvalue weighted by atomic mass is 35.5. The molecule has 41 heavy (non-hydrogen) atoms. The number of benzene rings is 2. The number of carbonyl (C=O) groups is 3. The van der Waals surface area contributed by atoms with E-state index in [0.29, 0.717) is 33.7 Å². The van der Waals surface area contributed by atoms with Crippen LogP contribution in [0.25, 0.3) is 0 Å². The zero-order valence-corrected chi connectivity index (χ0v) is 24.9. The van der Waals surface area contributed by atoms with Gasteiger partial charge in [0.2, 0.25) is 17.7 Å². The number of likely N-dealkylation sites (tertiary alicyclic amines) is 1. The third kappa shape index (κ3) is 5.05. The molecule has 0 radical (unpaired) electrons. The molecular weight excluding hydrogens is 585 g/mol. The Kier molecular flexibility index (Phi) is 7.60. The van der Waals surface area contributed by atoms with Crippen molar-refractivity contribution in [1.29, 1.82) is 0 Å². The average molecular weight is 617 g/mol. The van der Waals surface area contributed by atoms with Gasteiger partial charge in [-0.1, -0.05) is 78.4 Å². The number of ether oxygens (including phenoxy) is 1. The Morgan fingerprint density at radius 3 is 2.41 bits per heavy atom. The Hall–Kier alpha value is -2.58. The van der Waals surface area contributed by atoms with Crippen LogP contribution in [0.3, 0.4) is 0 Å². The van der Waals surface area contributed by atoms with Gasteiger partial charge in [0.25, 0.3) is 0 Å². The first kappa shape index (κ1) is 28.5. The number of fused-ring (bicyclic) bond motifs is 1. The van der Waals surface area contributed by atoms with E-state index in [0.717, 1.165) is 37.7 Å². The number of carbonyl (C=O) groups excluding carboxylic acids is 3. The summed E-state index contributed by atoms with van der Waals surface area (Å²) in [7, 11) is 0. The van der Waals surface area contributed by atoms with Crippen molar-refractivity contribution in [3.8, 4) is 0 Å². The van der Waals surface area contributed by atoms with Crippen molar-refractivity contribution < 1.29 is 19.1 Å². The molecule has 1 spiro atoms. The van der Waals surface area contributed by atoms with Gasteiger partial charge in [-0.2, -0.15) is 0 Å². The lowest BCUT2D eigenvalue weighted by atomic mass is 9.70. The Morgan fingerprint density at radius 2 is 1.71 bits per heavy atom. The SMILES string of the molecule is C[C@@]12C=C[C@]3(O1)[C@H](C(=O)N(CCc1ccc(Cl)cc1)[C@H]3C(=O)NC1CCCCC1)[C@@H]2C(=O)Nc1ccc(Cl)c(Cl)c1. The van der Waals surface area contributed by atoms with E-state index < -0.39 is 29.1 Å². The van der Waals surface area contributed by atoms with E-state index in [1.54, 1.807) is 42.2 Å². The van der Waals surface area contributed by atoms with E-state index in [1.165, 1.54) is 0 Å². The molecule has 2 bridgehead atoms. The number of amides is 3. The van der Waals surface area contributed by atoms with Crippen LogP contribution in [0.5, 0.6) is 0 Å². The van der Waals surface area contributed by atoms with Gasteiger partial charge in [0.1, 0.15) is 11.6 Å². The van der Waals surface area contributed by atoms with Gasteiger partial charge in [-0.15, -0.1) is 0 Å². The van der Waals surface area contributed by atoms with Crippen molar-refractivity contribution in [1.82, 2.24) is 10.2 Å². The summed E-state index contributed by atoms with van der Waals surface area (Å²) in [6.45, 7) is 2.10. The van der Waals surface area contributed by atoms with Gasteiger partial charge < -0.3 is 20.3 Å². The molecule has 4 aliphatic rings. The normalized spacial score (nSPS) is 30.5. The predicted octanol–water partition coefficient (Wildman–Crippen LogP) is 5.82. The molecule has 2 aromatic carbocycles. The zero-order chi connectivity index (χ0) is 28.9. The fourth-order valence-corrected chi connectivity index (χ4v) is 7.52. The summed E-state index contributed by atoms with van der Waals surface area (Å²) in [4.78, 5) is 43.7. The summed E-state index contributed by atoms with van der Waals surface area (Å²) in [6.07, 6.45) is 9.31. The molecule has 2 aromatic rings. The molecule has 3 aliphatic heterocycles. The molecule has 3 heterocycles. The first-order valence-electron chi connectivity index (χ1n) is 14.1. The third-order valence-corrected chi connectivity index (χ3v) is 10.0. The zero-order valence-electron chi connectivity index (χ0n) is 22.7. The van der Waals surface area contributed by atoms with Gasteiger partial charge in [0.15, 0.2) is 0 Å². The summed E-state index contributed by atoms with van der Waals surface area (Å²) in [5.74, 6) is -2.57. The lowest BCUT2D eigenvalue weighted by Crippen LogP contribution is -2.57. The number of rotatable bonds is 7. The lowest BCUT2D eigenvalue weighted by Gasteiger charge is -2.34. The quantitative estimate of drug-likeness (QED) is 0.384. The monoisotopic (exact) mass is 615 g/mol. The van der Waals surface area contributed by atoms with Gasteiger partial charge in [0, 0.05) is 23.3 Å². The second-order valence-electron chi connectivity index (χ2n) is 11.7. The standard InChI is InChI=1S/C31H32Cl3N3O4/c1-30-14-15-31(41-30)25(24(30)27(38)36-21-11-12-22(33)23(34)17-21)29(40)37(16-13-18-7-9-19(32)10-8-18)26(31)28(39)35-20-5-3-2-4-6-20/h7-12,14-15,17,20,24-26H,2-6,13,16H2,1H3,(H,35,39)(H,36,38)/t24-,25+,26+,30+,31+/m1/s1.